The van der Waals surface area contributed by atoms with Crippen LogP contribution in [0.5, 0.6) is 0 Å². The number of amides is 1. The van der Waals surface area contributed by atoms with Crippen molar-refractivity contribution in [3.05, 3.63) is 58.0 Å². The van der Waals surface area contributed by atoms with Crippen LogP contribution in [0.3, 0.4) is 0 Å². The van der Waals surface area contributed by atoms with Crippen molar-refractivity contribution in [1.29, 1.82) is 0 Å². The highest BCUT2D eigenvalue weighted by Gasteiger charge is 2.16. The molecule has 0 saturated carbocycles. The number of nitro groups is 1. The monoisotopic (exact) mass is 404 g/mol. The van der Waals surface area contributed by atoms with Gasteiger partial charge in [-0.15, -0.1) is 10.2 Å². The highest BCUT2D eigenvalue weighted by molar-refractivity contribution is 7.99. The van der Waals surface area contributed by atoms with Crippen LogP contribution in [0.25, 0.3) is 0 Å². The van der Waals surface area contributed by atoms with Gasteiger partial charge in [-0.1, -0.05) is 42.1 Å². The lowest BCUT2D eigenvalue weighted by Crippen LogP contribution is -2.14. The molecule has 3 aromatic rings. The first-order valence-electron chi connectivity index (χ1n) is 8.05. The number of rotatable bonds is 8. The number of benzene rings is 1. The van der Waals surface area contributed by atoms with Crippen LogP contribution in [0.15, 0.2) is 41.7 Å². The smallest absolute Gasteiger partial charge is 0.306 e. The van der Waals surface area contributed by atoms with Crippen molar-refractivity contribution >= 4 is 39.1 Å². The highest BCUT2D eigenvalue weighted by atomic mass is 32.2. The fourth-order valence-electron chi connectivity index (χ4n) is 2.35. The summed E-state index contributed by atoms with van der Waals surface area (Å²) in [7, 11) is 0. The van der Waals surface area contributed by atoms with E-state index in [2.05, 4.69) is 20.5 Å². The number of thioether (sulfide) groups is 1. The van der Waals surface area contributed by atoms with E-state index in [0.717, 1.165) is 28.9 Å². The van der Waals surface area contributed by atoms with Crippen LogP contribution in [-0.2, 0) is 17.8 Å². The molecule has 0 spiro atoms. The number of anilines is 1. The molecule has 1 N–H and O–H groups in total. The first-order chi connectivity index (χ1) is 13.1. The normalized spacial score (nSPS) is 10.7. The first-order valence-corrected chi connectivity index (χ1v) is 9.86. The lowest BCUT2D eigenvalue weighted by atomic mass is 10.1. The lowest BCUT2D eigenvalue weighted by molar-refractivity contribution is -0.380. The summed E-state index contributed by atoms with van der Waals surface area (Å²) >= 11 is 2.08. The third-order valence-electron chi connectivity index (χ3n) is 3.57. The molecule has 0 aliphatic heterocycles. The maximum atomic E-state index is 12.1. The van der Waals surface area contributed by atoms with E-state index < -0.39 is 4.92 Å². The summed E-state index contributed by atoms with van der Waals surface area (Å²) in [6, 6.07) is 9.98. The zero-order valence-electron chi connectivity index (χ0n) is 14.4. The van der Waals surface area contributed by atoms with E-state index in [4.69, 9.17) is 0 Å². The molecule has 0 bridgehead atoms. The molecule has 0 radical (unpaired) electrons. The zero-order valence-corrected chi connectivity index (χ0v) is 16.0. The Hall–Kier alpha value is -2.79. The number of aromatic nitrogens is 4. The van der Waals surface area contributed by atoms with Gasteiger partial charge >= 0.3 is 5.00 Å². The summed E-state index contributed by atoms with van der Waals surface area (Å²) in [5.74, 6) is 0.637. The molecule has 1 aromatic carbocycles. The summed E-state index contributed by atoms with van der Waals surface area (Å²) in [6.07, 6.45) is 1.79. The van der Waals surface area contributed by atoms with Gasteiger partial charge < -0.3 is 9.88 Å². The van der Waals surface area contributed by atoms with E-state index in [1.54, 1.807) is 0 Å². The van der Waals surface area contributed by atoms with Crippen LogP contribution in [0.1, 0.15) is 18.3 Å². The molecule has 27 heavy (non-hydrogen) atoms. The van der Waals surface area contributed by atoms with Gasteiger partial charge in [-0.05, 0) is 23.8 Å². The molecule has 0 unspecified atom stereocenters. The molecule has 1 amide bonds. The molecule has 0 aliphatic carbocycles. The van der Waals surface area contributed by atoms with Gasteiger partial charge in [-0.3, -0.25) is 14.9 Å². The second kappa shape index (κ2) is 8.73. The summed E-state index contributed by atoms with van der Waals surface area (Å²) in [5, 5.41) is 22.4. The minimum Gasteiger partial charge on any atom is -0.306 e. The van der Waals surface area contributed by atoms with E-state index in [0.29, 0.717) is 18.1 Å². The van der Waals surface area contributed by atoms with Crippen LogP contribution in [0, 0.1) is 10.1 Å². The van der Waals surface area contributed by atoms with Gasteiger partial charge in [0.25, 0.3) is 0 Å². The third kappa shape index (κ3) is 4.89. The maximum Gasteiger partial charge on any atom is 0.345 e. The van der Waals surface area contributed by atoms with E-state index >= 15 is 0 Å². The molecular weight excluding hydrogens is 388 g/mol. The number of nitrogens with zero attached hydrogens (tertiary/aromatic N) is 5. The van der Waals surface area contributed by atoms with Gasteiger partial charge in [-0.25, -0.2) is 4.98 Å². The van der Waals surface area contributed by atoms with Gasteiger partial charge in [0.05, 0.1) is 10.7 Å². The van der Waals surface area contributed by atoms with E-state index in [-0.39, 0.29) is 21.8 Å². The molecule has 0 aliphatic rings. The average Bonchev–Trinajstić information content (AvgIpc) is 3.27. The largest absolute Gasteiger partial charge is 0.345 e. The number of nitrogens with one attached hydrogen (secondary N) is 1. The lowest BCUT2D eigenvalue weighted by Gasteiger charge is -2.07. The van der Waals surface area contributed by atoms with Gasteiger partial charge in [0.1, 0.15) is 12.0 Å². The predicted octanol–water partition coefficient (Wildman–Crippen LogP) is 2.98. The minimum atomic E-state index is -0.542. The Morgan fingerprint density at radius 3 is 2.78 bits per heavy atom. The summed E-state index contributed by atoms with van der Waals surface area (Å²) in [4.78, 5) is 26.0. The van der Waals surface area contributed by atoms with Gasteiger partial charge in [-0.2, -0.15) is 0 Å². The van der Waals surface area contributed by atoms with E-state index in [9.17, 15) is 14.9 Å². The summed E-state index contributed by atoms with van der Waals surface area (Å²) < 4.78 is 1.97. The third-order valence-corrected chi connectivity index (χ3v) is 5.40. The second-order valence-electron chi connectivity index (χ2n) is 5.40. The van der Waals surface area contributed by atoms with Crippen LogP contribution >= 0.6 is 23.1 Å². The van der Waals surface area contributed by atoms with Crippen molar-refractivity contribution in [3.8, 4) is 0 Å². The molecule has 3 rings (SSSR count). The molecule has 2 heterocycles. The molecule has 140 valence electrons. The number of hydrogen-bond acceptors (Lipinski definition) is 8. The number of carbonyl (C=O) groups is 1. The SMILES string of the molecule is CCn1c(Cc2ccccc2)nnc1SCC(=O)Nc1ncc([N+](=O)[O-])s1. The average molecular weight is 404 g/mol. The standard InChI is InChI=1S/C16H16N6O3S2/c1-2-21-12(8-11-6-4-3-5-7-11)19-20-16(21)26-10-13(23)18-15-17-9-14(27-15)22(24)25/h3-7,9H,2,8,10H2,1H3,(H,17,18,23). The topological polar surface area (TPSA) is 116 Å². The Morgan fingerprint density at radius 1 is 1.33 bits per heavy atom. The Labute approximate surface area is 163 Å². The van der Waals surface area contributed by atoms with E-state index in [1.165, 1.54) is 11.8 Å². The summed E-state index contributed by atoms with van der Waals surface area (Å²) in [6.45, 7) is 2.69. The van der Waals surface area contributed by atoms with Crippen molar-refractivity contribution in [2.45, 2.75) is 25.0 Å². The predicted molar refractivity (Wildman–Crippen MR) is 103 cm³/mol. The Morgan fingerprint density at radius 2 is 2.11 bits per heavy atom. The first kappa shape index (κ1) is 19.0. The van der Waals surface area contributed by atoms with Crippen molar-refractivity contribution in [3.63, 3.8) is 0 Å². The second-order valence-corrected chi connectivity index (χ2v) is 7.35. The fourth-order valence-corrected chi connectivity index (χ4v) is 3.82. The molecule has 11 heteroatoms. The number of carbonyl (C=O) groups excluding carboxylic acids is 1. The van der Waals surface area contributed by atoms with Crippen LogP contribution in [-0.4, -0.2) is 36.3 Å². The Bertz CT molecular complexity index is 941. The number of thiazole rings is 1. The van der Waals surface area contributed by atoms with Crippen molar-refractivity contribution in [2.75, 3.05) is 11.1 Å². The fraction of sp³-hybridized carbons (Fsp3) is 0.250. The molecular formula is C16H16N6O3S2. The van der Waals surface area contributed by atoms with Gasteiger partial charge in [0.2, 0.25) is 5.91 Å². The quantitative estimate of drug-likeness (QED) is 0.348. The van der Waals surface area contributed by atoms with Gasteiger partial charge in [0, 0.05) is 13.0 Å². The Balaban J connectivity index is 1.60. The van der Waals surface area contributed by atoms with Crippen LogP contribution in [0.2, 0.25) is 0 Å². The minimum absolute atomic E-state index is 0.108. The molecule has 0 atom stereocenters. The van der Waals surface area contributed by atoms with E-state index in [1.807, 2.05) is 41.8 Å². The highest BCUT2D eigenvalue weighted by Crippen LogP contribution is 2.25. The molecule has 0 saturated heterocycles. The molecule has 9 nitrogen and oxygen atoms in total. The Kier molecular flexibility index (Phi) is 6.14. The molecule has 0 fully saturated rings. The maximum absolute atomic E-state index is 12.1. The van der Waals surface area contributed by atoms with Crippen molar-refractivity contribution < 1.29 is 9.72 Å². The number of hydrogen-bond donors (Lipinski definition) is 1. The van der Waals surface area contributed by atoms with Gasteiger partial charge in [0.15, 0.2) is 10.3 Å². The summed E-state index contributed by atoms with van der Waals surface area (Å²) in [5.41, 5.74) is 1.14. The van der Waals surface area contributed by atoms with Crippen molar-refractivity contribution in [1.82, 2.24) is 19.7 Å². The molecule has 2 aromatic heterocycles. The van der Waals surface area contributed by atoms with Crippen molar-refractivity contribution in [2.24, 2.45) is 0 Å². The zero-order chi connectivity index (χ0) is 19.2. The van der Waals surface area contributed by atoms with Crippen LogP contribution in [0.4, 0.5) is 10.1 Å². The van der Waals surface area contributed by atoms with Crippen LogP contribution < -0.4 is 5.32 Å².